The predicted molar refractivity (Wildman–Crippen MR) is 43.4 cm³/mol. The summed E-state index contributed by atoms with van der Waals surface area (Å²) in [5.74, 6) is 5.59. The maximum absolute atomic E-state index is 9.35. The van der Waals surface area contributed by atoms with Crippen LogP contribution in [-0.2, 0) is 0 Å². The van der Waals surface area contributed by atoms with Gasteiger partial charge in [-0.05, 0) is 19.8 Å². The van der Waals surface area contributed by atoms with Crippen LogP contribution in [0.5, 0.6) is 0 Å². The highest BCUT2D eigenvalue weighted by atomic mass is 16.3. The van der Waals surface area contributed by atoms with Crippen molar-refractivity contribution in [3.63, 3.8) is 0 Å². The van der Waals surface area contributed by atoms with E-state index in [1.165, 1.54) is 5.01 Å². The minimum absolute atomic E-state index is 0.0871. The summed E-state index contributed by atoms with van der Waals surface area (Å²) >= 11 is 0. The van der Waals surface area contributed by atoms with Crippen LogP contribution in [0.25, 0.3) is 0 Å². The molecule has 1 atom stereocenters. The van der Waals surface area contributed by atoms with Crippen LogP contribution < -0.4 is 5.84 Å². The third-order valence-corrected chi connectivity index (χ3v) is 1.52. The summed E-state index contributed by atoms with van der Waals surface area (Å²) < 4.78 is 0. The van der Waals surface area contributed by atoms with Gasteiger partial charge in [-0.3, -0.25) is 5.84 Å². The summed E-state index contributed by atoms with van der Waals surface area (Å²) in [7, 11) is 0. The van der Waals surface area contributed by atoms with Gasteiger partial charge < -0.3 is 10.2 Å². The van der Waals surface area contributed by atoms with Gasteiger partial charge >= 0.3 is 0 Å². The van der Waals surface area contributed by atoms with Crippen LogP contribution in [0.2, 0.25) is 0 Å². The fourth-order valence-electron chi connectivity index (χ4n) is 0.617. The van der Waals surface area contributed by atoms with E-state index in [0.29, 0.717) is 6.54 Å². The molecule has 0 aromatic rings. The van der Waals surface area contributed by atoms with Crippen LogP contribution in [0.4, 0.5) is 0 Å². The van der Waals surface area contributed by atoms with Gasteiger partial charge in [-0.25, -0.2) is 5.01 Å². The van der Waals surface area contributed by atoms with Crippen molar-refractivity contribution in [3.8, 4) is 0 Å². The van der Waals surface area contributed by atoms with Gasteiger partial charge in [-0.2, -0.15) is 0 Å². The zero-order valence-corrected chi connectivity index (χ0v) is 7.41. The molecule has 0 rings (SSSR count). The number of hydrogen-bond acceptors (Lipinski definition) is 4. The standard InChI is InChI=1S/C7H18N2O2/c1-6(5-10)4-9(8)7(2,3)11/h6,10-11H,4-5,8H2,1-3H3. The lowest BCUT2D eigenvalue weighted by atomic mass is 10.1. The molecule has 0 aliphatic rings. The third kappa shape index (κ3) is 4.31. The smallest absolute Gasteiger partial charge is 0.124 e. The van der Waals surface area contributed by atoms with E-state index in [1.54, 1.807) is 13.8 Å². The van der Waals surface area contributed by atoms with E-state index in [4.69, 9.17) is 10.9 Å². The summed E-state index contributed by atoms with van der Waals surface area (Å²) in [6, 6.07) is 0. The topological polar surface area (TPSA) is 69.7 Å². The van der Waals surface area contributed by atoms with Crippen molar-refractivity contribution < 1.29 is 10.2 Å². The molecule has 4 nitrogen and oxygen atoms in total. The summed E-state index contributed by atoms with van der Waals surface area (Å²) in [5.41, 5.74) is -1.01. The normalized spacial score (nSPS) is 15.5. The Morgan fingerprint density at radius 3 is 2.27 bits per heavy atom. The van der Waals surface area contributed by atoms with Crippen LogP contribution in [0, 0.1) is 5.92 Å². The molecule has 11 heavy (non-hydrogen) atoms. The number of hydrogen-bond donors (Lipinski definition) is 3. The Balaban J connectivity index is 3.77. The maximum Gasteiger partial charge on any atom is 0.124 e. The molecular weight excluding hydrogens is 144 g/mol. The molecule has 0 aliphatic heterocycles. The number of nitrogens with two attached hydrogens (primary N) is 1. The molecule has 0 fully saturated rings. The molecule has 0 saturated carbocycles. The Bertz CT molecular complexity index is 111. The fraction of sp³-hybridized carbons (Fsp3) is 1.00. The average molecular weight is 162 g/mol. The molecule has 0 heterocycles. The zero-order chi connectivity index (χ0) is 9.07. The number of aliphatic hydroxyl groups excluding tert-OH is 1. The van der Waals surface area contributed by atoms with Gasteiger partial charge in [0.15, 0.2) is 0 Å². The van der Waals surface area contributed by atoms with Crippen LogP contribution in [0.15, 0.2) is 0 Å². The first kappa shape index (κ1) is 10.8. The lowest BCUT2D eigenvalue weighted by Gasteiger charge is -2.31. The van der Waals surface area contributed by atoms with Gasteiger partial charge in [0, 0.05) is 13.2 Å². The van der Waals surface area contributed by atoms with Gasteiger partial charge in [-0.1, -0.05) is 6.92 Å². The van der Waals surface area contributed by atoms with Gasteiger partial charge in [-0.15, -0.1) is 0 Å². The van der Waals surface area contributed by atoms with Crippen molar-refractivity contribution in [1.82, 2.24) is 5.01 Å². The van der Waals surface area contributed by atoms with E-state index >= 15 is 0 Å². The van der Waals surface area contributed by atoms with Crippen LogP contribution in [0.3, 0.4) is 0 Å². The van der Waals surface area contributed by atoms with E-state index in [-0.39, 0.29) is 12.5 Å². The first-order valence-corrected chi connectivity index (χ1v) is 3.73. The van der Waals surface area contributed by atoms with E-state index in [0.717, 1.165) is 0 Å². The second kappa shape index (κ2) is 4.01. The molecule has 0 amide bonds. The number of hydrazine groups is 1. The summed E-state index contributed by atoms with van der Waals surface area (Å²) in [6.45, 7) is 5.66. The minimum atomic E-state index is -1.01. The van der Waals surface area contributed by atoms with Crippen LogP contribution in [-0.4, -0.2) is 34.1 Å². The summed E-state index contributed by atoms with van der Waals surface area (Å²) in [6.07, 6.45) is 0. The second-order valence-electron chi connectivity index (χ2n) is 3.43. The second-order valence-corrected chi connectivity index (χ2v) is 3.43. The average Bonchev–Trinajstić information content (AvgIpc) is 1.85. The number of nitrogens with zero attached hydrogens (tertiary/aromatic N) is 1. The fourth-order valence-corrected chi connectivity index (χ4v) is 0.617. The third-order valence-electron chi connectivity index (χ3n) is 1.52. The van der Waals surface area contributed by atoms with Gasteiger partial charge in [0.2, 0.25) is 0 Å². The molecule has 0 spiro atoms. The van der Waals surface area contributed by atoms with Crippen LogP contribution in [0.1, 0.15) is 20.8 Å². The Morgan fingerprint density at radius 1 is 1.55 bits per heavy atom. The molecule has 1 unspecified atom stereocenters. The van der Waals surface area contributed by atoms with E-state index in [2.05, 4.69) is 0 Å². The molecule has 4 heteroatoms. The van der Waals surface area contributed by atoms with Crippen molar-refractivity contribution in [2.45, 2.75) is 26.5 Å². The van der Waals surface area contributed by atoms with E-state index in [9.17, 15) is 5.11 Å². The van der Waals surface area contributed by atoms with Gasteiger partial charge in [0.05, 0.1) is 0 Å². The highest BCUT2D eigenvalue weighted by molar-refractivity contribution is 4.65. The monoisotopic (exact) mass is 162 g/mol. The van der Waals surface area contributed by atoms with Gasteiger partial charge in [0.25, 0.3) is 0 Å². The van der Waals surface area contributed by atoms with Crippen molar-refractivity contribution in [3.05, 3.63) is 0 Å². The molecule has 0 bridgehead atoms. The molecule has 68 valence electrons. The molecule has 0 aromatic carbocycles. The SMILES string of the molecule is CC(CO)CN(N)C(C)(C)O. The quantitative estimate of drug-likeness (QED) is 0.297. The molecule has 4 N–H and O–H groups in total. The maximum atomic E-state index is 9.35. The lowest BCUT2D eigenvalue weighted by molar-refractivity contribution is -0.0879. The predicted octanol–water partition coefficient (Wildman–Crippen LogP) is -0.481. The number of rotatable bonds is 4. The first-order chi connectivity index (χ1) is 4.88. The highest BCUT2D eigenvalue weighted by Crippen LogP contribution is 2.07. The molecule has 0 radical (unpaired) electrons. The Hall–Kier alpha value is -0.160. The van der Waals surface area contributed by atoms with E-state index in [1.807, 2.05) is 6.92 Å². The van der Waals surface area contributed by atoms with Crippen molar-refractivity contribution in [2.24, 2.45) is 11.8 Å². The van der Waals surface area contributed by atoms with Crippen molar-refractivity contribution in [2.75, 3.05) is 13.2 Å². The Labute approximate surface area is 67.6 Å². The van der Waals surface area contributed by atoms with Crippen molar-refractivity contribution in [1.29, 1.82) is 0 Å². The first-order valence-electron chi connectivity index (χ1n) is 3.73. The molecule has 0 aliphatic carbocycles. The summed E-state index contributed by atoms with van der Waals surface area (Å²) in [5, 5.41) is 19.3. The molecule has 0 aromatic heterocycles. The minimum Gasteiger partial charge on any atom is -0.396 e. The van der Waals surface area contributed by atoms with E-state index < -0.39 is 5.72 Å². The largest absolute Gasteiger partial charge is 0.396 e. The molecule has 0 saturated heterocycles. The Morgan fingerprint density at radius 2 is 2.00 bits per heavy atom. The van der Waals surface area contributed by atoms with Crippen molar-refractivity contribution >= 4 is 0 Å². The highest BCUT2D eigenvalue weighted by Gasteiger charge is 2.21. The van der Waals surface area contributed by atoms with Crippen LogP contribution >= 0.6 is 0 Å². The lowest BCUT2D eigenvalue weighted by Crippen LogP contribution is -2.50. The Kier molecular flexibility index (Phi) is 3.96. The molecular formula is C7H18N2O2. The summed E-state index contributed by atoms with van der Waals surface area (Å²) in [4.78, 5) is 0. The zero-order valence-electron chi connectivity index (χ0n) is 7.41. The van der Waals surface area contributed by atoms with Gasteiger partial charge in [0.1, 0.15) is 5.72 Å². The number of aliphatic hydroxyl groups is 2.